The van der Waals surface area contributed by atoms with Gasteiger partial charge in [0.2, 0.25) is 5.96 Å². The fraction of sp³-hybridized carbons (Fsp3) is 0.182. The number of nitrogens with zero attached hydrogens (tertiary/aromatic N) is 2. The first-order valence-electron chi connectivity index (χ1n) is 5.17. The van der Waals surface area contributed by atoms with E-state index in [4.69, 9.17) is 5.11 Å². The molecule has 2 rings (SSSR count). The van der Waals surface area contributed by atoms with E-state index in [2.05, 4.69) is 20.8 Å². The van der Waals surface area contributed by atoms with Gasteiger partial charge in [-0.15, -0.1) is 24.0 Å². The minimum Gasteiger partial charge on any atom is -0.478 e. The Balaban J connectivity index is 0.00000162. The van der Waals surface area contributed by atoms with Crippen LogP contribution in [0.2, 0.25) is 0 Å². The molecule has 1 aliphatic heterocycles. The van der Waals surface area contributed by atoms with Crippen molar-refractivity contribution in [3.05, 3.63) is 35.4 Å². The molecule has 1 aliphatic rings. The van der Waals surface area contributed by atoms with Crippen LogP contribution in [0.4, 0.5) is 0 Å². The molecular weight excluding hydrogens is 347 g/mol. The van der Waals surface area contributed by atoms with Gasteiger partial charge in [-0.05, 0) is 6.07 Å². The molecule has 96 valence electrons. The molecule has 0 amide bonds. The molecule has 7 heteroatoms. The lowest BCUT2D eigenvalue weighted by atomic mass is 10.1. The summed E-state index contributed by atoms with van der Waals surface area (Å²) in [5, 5.41) is 15.9. The summed E-state index contributed by atoms with van der Waals surface area (Å²) in [6, 6.07) is 6.67. The van der Waals surface area contributed by atoms with Crippen LogP contribution in [-0.2, 0) is 0 Å². The number of carboxylic acids is 1. The van der Waals surface area contributed by atoms with Gasteiger partial charge in [0.15, 0.2) is 0 Å². The molecule has 6 nitrogen and oxygen atoms in total. The van der Waals surface area contributed by atoms with Crippen LogP contribution in [0.3, 0.4) is 0 Å². The standard InChI is InChI=1S/C11H12N4O2.HI/c16-10(17)9-4-2-1-3-8(9)7-14-15-11-12-5-6-13-11;/h1-4,7H,5-6H2,(H,16,17)(H2,12,13,15);1H/b14-7+;. The Hall–Kier alpha value is -1.64. The molecule has 0 radical (unpaired) electrons. The predicted molar refractivity (Wildman–Crippen MR) is 79.9 cm³/mol. The number of aromatic carboxylic acids is 1. The van der Waals surface area contributed by atoms with Crippen molar-refractivity contribution in [2.45, 2.75) is 0 Å². The molecule has 0 bridgehead atoms. The number of hydrazone groups is 1. The van der Waals surface area contributed by atoms with Crippen molar-refractivity contribution in [1.82, 2.24) is 10.7 Å². The van der Waals surface area contributed by atoms with Gasteiger partial charge in [0.1, 0.15) is 0 Å². The van der Waals surface area contributed by atoms with E-state index >= 15 is 0 Å². The third-order valence-electron chi connectivity index (χ3n) is 2.24. The number of hydrogen-bond acceptors (Lipinski definition) is 5. The molecular formula is C11H13IN4O2. The zero-order valence-corrected chi connectivity index (χ0v) is 11.8. The van der Waals surface area contributed by atoms with E-state index in [1.807, 2.05) is 0 Å². The van der Waals surface area contributed by atoms with E-state index in [1.165, 1.54) is 12.3 Å². The highest BCUT2D eigenvalue weighted by molar-refractivity contribution is 14.0. The number of carboxylic acid groups (broad SMARTS) is 1. The largest absolute Gasteiger partial charge is 0.478 e. The van der Waals surface area contributed by atoms with Crippen LogP contribution in [0, 0.1) is 0 Å². The van der Waals surface area contributed by atoms with E-state index in [1.54, 1.807) is 18.2 Å². The molecule has 0 aromatic heterocycles. The monoisotopic (exact) mass is 360 g/mol. The second kappa shape index (κ2) is 6.94. The minimum absolute atomic E-state index is 0. The van der Waals surface area contributed by atoms with Gasteiger partial charge in [-0.1, -0.05) is 18.2 Å². The van der Waals surface area contributed by atoms with Gasteiger partial charge < -0.3 is 10.4 Å². The lowest BCUT2D eigenvalue weighted by Gasteiger charge is -2.01. The van der Waals surface area contributed by atoms with Crippen LogP contribution in [0.15, 0.2) is 34.4 Å². The fourth-order valence-corrected chi connectivity index (χ4v) is 1.44. The first-order chi connectivity index (χ1) is 8.27. The average Bonchev–Trinajstić information content (AvgIpc) is 2.82. The van der Waals surface area contributed by atoms with Crippen molar-refractivity contribution in [3.8, 4) is 0 Å². The number of carbonyl (C=O) groups is 1. The average molecular weight is 360 g/mol. The van der Waals surface area contributed by atoms with Gasteiger partial charge in [0.25, 0.3) is 0 Å². The maximum Gasteiger partial charge on any atom is 0.336 e. The summed E-state index contributed by atoms with van der Waals surface area (Å²) >= 11 is 0. The van der Waals surface area contributed by atoms with Crippen LogP contribution in [0.5, 0.6) is 0 Å². The molecule has 0 atom stereocenters. The number of aliphatic imine (C=N–C) groups is 1. The van der Waals surface area contributed by atoms with Crippen molar-refractivity contribution >= 4 is 42.1 Å². The lowest BCUT2D eigenvalue weighted by molar-refractivity contribution is 0.0697. The third-order valence-corrected chi connectivity index (χ3v) is 2.24. The SMILES string of the molecule is I.O=C(O)c1ccccc1/C=N/NC1=NCCN1. The van der Waals surface area contributed by atoms with Gasteiger partial charge in [-0.25, -0.2) is 15.2 Å². The van der Waals surface area contributed by atoms with Crippen LogP contribution in [0.1, 0.15) is 15.9 Å². The molecule has 0 spiro atoms. The molecule has 0 unspecified atom stereocenters. The molecule has 3 N–H and O–H groups in total. The van der Waals surface area contributed by atoms with Gasteiger partial charge in [0, 0.05) is 12.1 Å². The smallest absolute Gasteiger partial charge is 0.336 e. The Kier molecular flexibility index (Phi) is 5.56. The highest BCUT2D eigenvalue weighted by Crippen LogP contribution is 2.05. The van der Waals surface area contributed by atoms with Crippen molar-refractivity contribution in [2.24, 2.45) is 10.1 Å². The molecule has 1 aromatic carbocycles. The first-order valence-corrected chi connectivity index (χ1v) is 5.17. The van der Waals surface area contributed by atoms with E-state index in [0.717, 1.165) is 13.1 Å². The van der Waals surface area contributed by atoms with Gasteiger partial charge in [-0.2, -0.15) is 5.10 Å². The molecule has 1 aromatic rings. The first kappa shape index (κ1) is 14.4. The van der Waals surface area contributed by atoms with Gasteiger partial charge >= 0.3 is 5.97 Å². The molecule has 1 heterocycles. The Morgan fingerprint density at radius 1 is 1.50 bits per heavy atom. The third kappa shape index (κ3) is 3.69. The number of guanidine groups is 1. The van der Waals surface area contributed by atoms with Crippen LogP contribution in [0.25, 0.3) is 0 Å². The van der Waals surface area contributed by atoms with Gasteiger partial charge in [0.05, 0.1) is 18.3 Å². The second-order valence-electron chi connectivity index (χ2n) is 3.42. The van der Waals surface area contributed by atoms with Crippen LogP contribution < -0.4 is 10.7 Å². The highest BCUT2D eigenvalue weighted by atomic mass is 127. The van der Waals surface area contributed by atoms with Crippen molar-refractivity contribution in [2.75, 3.05) is 13.1 Å². The molecule has 0 aliphatic carbocycles. The number of hydrogen-bond donors (Lipinski definition) is 3. The van der Waals surface area contributed by atoms with Crippen molar-refractivity contribution in [3.63, 3.8) is 0 Å². The molecule has 18 heavy (non-hydrogen) atoms. The van der Waals surface area contributed by atoms with Gasteiger partial charge in [-0.3, -0.25) is 0 Å². The predicted octanol–water partition coefficient (Wildman–Crippen LogP) is 0.885. The maximum absolute atomic E-state index is 10.9. The Labute approximate surface area is 121 Å². The summed E-state index contributed by atoms with van der Waals surface area (Å²) in [7, 11) is 0. The normalized spacial score (nSPS) is 13.7. The zero-order valence-electron chi connectivity index (χ0n) is 9.46. The van der Waals surface area contributed by atoms with E-state index < -0.39 is 5.97 Å². The number of benzene rings is 1. The lowest BCUT2D eigenvalue weighted by Crippen LogP contribution is -2.30. The zero-order chi connectivity index (χ0) is 12.1. The summed E-state index contributed by atoms with van der Waals surface area (Å²) in [5.74, 6) is -0.363. The number of halogens is 1. The summed E-state index contributed by atoms with van der Waals surface area (Å²) in [6.45, 7) is 1.52. The fourth-order valence-electron chi connectivity index (χ4n) is 1.44. The van der Waals surface area contributed by atoms with Crippen molar-refractivity contribution in [1.29, 1.82) is 0 Å². The number of rotatable bonds is 3. The van der Waals surface area contributed by atoms with Crippen LogP contribution >= 0.6 is 24.0 Å². The summed E-state index contributed by atoms with van der Waals surface area (Å²) in [4.78, 5) is 15.0. The topological polar surface area (TPSA) is 86.1 Å². The molecule has 0 saturated heterocycles. The van der Waals surface area contributed by atoms with Crippen LogP contribution in [-0.4, -0.2) is 36.3 Å². The Bertz CT molecular complexity index is 488. The van der Waals surface area contributed by atoms with Crippen molar-refractivity contribution < 1.29 is 9.90 Å². The summed E-state index contributed by atoms with van der Waals surface area (Å²) in [5.41, 5.74) is 3.48. The van der Waals surface area contributed by atoms with E-state index in [0.29, 0.717) is 11.5 Å². The van der Waals surface area contributed by atoms with E-state index in [-0.39, 0.29) is 29.5 Å². The Morgan fingerprint density at radius 3 is 2.94 bits per heavy atom. The summed E-state index contributed by atoms with van der Waals surface area (Å²) in [6.07, 6.45) is 1.46. The number of nitrogens with one attached hydrogen (secondary N) is 2. The maximum atomic E-state index is 10.9. The van der Waals surface area contributed by atoms with E-state index in [9.17, 15) is 4.79 Å². The minimum atomic E-state index is -0.969. The quantitative estimate of drug-likeness (QED) is 0.425. The highest BCUT2D eigenvalue weighted by Gasteiger charge is 2.07. The molecule has 0 fully saturated rings. The molecule has 0 saturated carbocycles. The Morgan fingerprint density at radius 2 is 2.28 bits per heavy atom. The summed E-state index contributed by atoms with van der Waals surface area (Å²) < 4.78 is 0. The second-order valence-corrected chi connectivity index (χ2v) is 3.42.